The molecule has 2 aromatic carbocycles. The van der Waals surface area contributed by atoms with Gasteiger partial charge in [0.15, 0.2) is 0 Å². The number of rotatable bonds is 5. The zero-order valence-electron chi connectivity index (χ0n) is 16.9. The van der Waals surface area contributed by atoms with Crippen molar-refractivity contribution < 1.29 is 24.2 Å². The number of benzene rings is 2. The highest BCUT2D eigenvalue weighted by Gasteiger charge is 2.29. The van der Waals surface area contributed by atoms with Gasteiger partial charge in [0.05, 0.1) is 30.9 Å². The zero-order chi connectivity index (χ0) is 21.3. The first kappa shape index (κ1) is 20.4. The predicted octanol–water partition coefficient (Wildman–Crippen LogP) is 1.50. The number of hydrogen-bond acceptors (Lipinski definition) is 5. The monoisotopic (exact) mass is 410 g/mol. The fourth-order valence-corrected chi connectivity index (χ4v) is 4.09. The van der Waals surface area contributed by atoms with E-state index in [1.165, 1.54) is 0 Å². The molecule has 2 aromatic rings. The van der Waals surface area contributed by atoms with Gasteiger partial charge in [0, 0.05) is 24.2 Å². The van der Waals surface area contributed by atoms with Crippen molar-refractivity contribution in [1.29, 1.82) is 0 Å². The zero-order valence-corrected chi connectivity index (χ0v) is 16.9. The number of primary amides is 1. The second kappa shape index (κ2) is 8.45. The number of nitrogens with two attached hydrogens (primary N) is 1. The maximum absolute atomic E-state index is 13.1. The number of fused-ring (bicyclic) bond motifs is 1. The van der Waals surface area contributed by atoms with Gasteiger partial charge in [-0.1, -0.05) is 12.1 Å². The van der Waals surface area contributed by atoms with Crippen molar-refractivity contribution in [3.63, 3.8) is 0 Å². The van der Waals surface area contributed by atoms with E-state index in [4.69, 9.17) is 15.2 Å². The minimum absolute atomic E-state index is 0.222. The van der Waals surface area contributed by atoms with Gasteiger partial charge in [-0.15, -0.1) is 0 Å². The third-order valence-electron chi connectivity index (χ3n) is 5.89. The van der Waals surface area contributed by atoms with Crippen LogP contribution in [0.15, 0.2) is 30.3 Å². The Bertz CT molecular complexity index is 971. The molecule has 0 bridgehead atoms. The van der Waals surface area contributed by atoms with Gasteiger partial charge < -0.3 is 25.6 Å². The lowest BCUT2D eigenvalue weighted by Crippen LogP contribution is -2.48. The molecule has 0 unspecified atom stereocenters. The lowest BCUT2D eigenvalue weighted by Gasteiger charge is -2.28. The molecule has 0 spiro atoms. The first-order valence-corrected chi connectivity index (χ1v) is 10.2. The number of ether oxygens (including phenoxy) is 2. The SMILES string of the molecule is Cc1c(Cc2ccc(C(N)=O)cc2)cc(C(=O)N[C@H]2CCOC[C@@H]2O)c2c1CCO2. The molecular formula is C23H26N2O5. The molecular weight excluding hydrogens is 384 g/mol. The molecule has 2 atom stereocenters. The number of carbonyl (C=O) groups is 2. The third-order valence-corrected chi connectivity index (χ3v) is 5.89. The van der Waals surface area contributed by atoms with E-state index < -0.39 is 12.0 Å². The van der Waals surface area contributed by atoms with Crippen LogP contribution >= 0.6 is 0 Å². The van der Waals surface area contributed by atoms with E-state index >= 15 is 0 Å². The van der Waals surface area contributed by atoms with Crippen LogP contribution < -0.4 is 15.8 Å². The molecule has 0 radical (unpaired) electrons. The van der Waals surface area contributed by atoms with Crippen molar-refractivity contribution in [2.75, 3.05) is 19.8 Å². The van der Waals surface area contributed by atoms with Crippen LogP contribution in [0.25, 0.3) is 0 Å². The number of carbonyl (C=O) groups excluding carboxylic acids is 2. The maximum atomic E-state index is 13.1. The number of hydrogen-bond donors (Lipinski definition) is 3. The summed E-state index contributed by atoms with van der Waals surface area (Å²) in [6, 6.07) is 8.72. The number of nitrogens with one attached hydrogen (secondary N) is 1. The molecule has 4 N–H and O–H groups in total. The van der Waals surface area contributed by atoms with Crippen molar-refractivity contribution >= 4 is 11.8 Å². The quantitative estimate of drug-likeness (QED) is 0.692. The first-order chi connectivity index (χ1) is 14.4. The molecule has 7 heteroatoms. The average molecular weight is 410 g/mol. The van der Waals surface area contributed by atoms with Gasteiger partial charge in [-0.05, 0) is 54.7 Å². The van der Waals surface area contributed by atoms with Gasteiger partial charge in [-0.2, -0.15) is 0 Å². The Morgan fingerprint density at radius 2 is 2.00 bits per heavy atom. The second-order valence-corrected chi connectivity index (χ2v) is 7.86. The van der Waals surface area contributed by atoms with Crippen LogP contribution in [0.4, 0.5) is 0 Å². The molecule has 0 saturated carbocycles. The molecule has 4 rings (SSSR count). The first-order valence-electron chi connectivity index (χ1n) is 10.2. The van der Waals surface area contributed by atoms with E-state index in [1.807, 2.05) is 25.1 Å². The summed E-state index contributed by atoms with van der Waals surface area (Å²) in [6.45, 7) is 3.33. The highest BCUT2D eigenvalue weighted by atomic mass is 16.5. The van der Waals surface area contributed by atoms with Gasteiger partial charge >= 0.3 is 0 Å². The Balaban J connectivity index is 1.62. The Morgan fingerprint density at radius 3 is 2.70 bits per heavy atom. The summed E-state index contributed by atoms with van der Waals surface area (Å²) in [5.41, 5.74) is 10.5. The molecule has 7 nitrogen and oxygen atoms in total. The fraction of sp³-hybridized carbons (Fsp3) is 0.391. The van der Waals surface area contributed by atoms with Crippen LogP contribution in [-0.2, 0) is 17.6 Å². The Labute approximate surface area is 175 Å². The summed E-state index contributed by atoms with van der Waals surface area (Å²) in [4.78, 5) is 24.4. The van der Waals surface area contributed by atoms with Gasteiger partial charge in [0.2, 0.25) is 5.91 Å². The largest absolute Gasteiger partial charge is 0.492 e. The minimum Gasteiger partial charge on any atom is -0.492 e. The summed E-state index contributed by atoms with van der Waals surface area (Å²) >= 11 is 0. The Kier molecular flexibility index (Phi) is 5.74. The highest BCUT2D eigenvalue weighted by molar-refractivity contribution is 5.98. The van der Waals surface area contributed by atoms with Gasteiger partial charge in [-0.3, -0.25) is 9.59 Å². The molecule has 0 aliphatic carbocycles. The molecule has 2 heterocycles. The van der Waals surface area contributed by atoms with E-state index in [0.29, 0.717) is 42.9 Å². The van der Waals surface area contributed by atoms with Crippen molar-refractivity contribution in [2.45, 2.75) is 38.3 Å². The molecule has 0 aromatic heterocycles. The van der Waals surface area contributed by atoms with Gasteiger partial charge in [0.25, 0.3) is 5.91 Å². The number of amides is 2. The van der Waals surface area contributed by atoms with Crippen LogP contribution in [0.3, 0.4) is 0 Å². The minimum atomic E-state index is -0.717. The van der Waals surface area contributed by atoms with Crippen LogP contribution in [0.1, 0.15) is 49.4 Å². The fourth-order valence-electron chi connectivity index (χ4n) is 4.09. The van der Waals surface area contributed by atoms with E-state index in [9.17, 15) is 14.7 Å². The summed E-state index contributed by atoms with van der Waals surface area (Å²) in [7, 11) is 0. The van der Waals surface area contributed by atoms with Crippen molar-refractivity contribution in [2.24, 2.45) is 5.73 Å². The number of aliphatic hydroxyl groups is 1. The van der Waals surface area contributed by atoms with E-state index in [0.717, 1.165) is 28.7 Å². The molecule has 1 fully saturated rings. The summed E-state index contributed by atoms with van der Waals surface area (Å²) in [6.07, 6.45) is 1.24. The maximum Gasteiger partial charge on any atom is 0.255 e. The standard InChI is InChI=1S/C23H26N2O5/c1-13-16(10-14-2-4-15(5-3-14)22(24)27)11-18(21-17(13)6-9-30-21)23(28)25-19-7-8-29-12-20(19)26/h2-5,11,19-20,26H,6-10,12H2,1H3,(H2,24,27)(H,25,28)/t19-,20-/m0/s1. The molecule has 2 aliphatic heterocycles. The molecule has 1 saturated heterocycles. The lowest BCUT2D eigenvalue weighted by atomic mass is 9.92. The smallest absolute Gasteiger partial charge is 0.255 e. The Morgan fingerprint density at radius 1 is 1.23 bits per heavy atom. The Hall–Kier alpha value is -2.90. The van der Waals surface area contributed by atoms with Gasteiger partial charge in [-0.25, -0.2) is 0 Å². The predicted molar refractivity (Wildman–Crippen MR) is 111 cm³/mol. The second-order valence-electron chi connectivity index (χ2n) is 7.86. The number of aliphatic hydroxyl groups excluding tert-OH is 1. The normalized spacial score (nSPS) is 20.3. The topological polar surface area (TPSA) is 111 Å². The van der Waals surface area contributed by atoms with E-state index in [2.05, 4.69) is 5.32 Å². The molecule has 2 aliphatic rings. The summed E-state index contributed by atoms with van der Waals surface area (Å²) < 4.78 is 11.0. The molecule has 158 valence electrons. The van der Waals surface area contributed by atoms with Crippen molar-refractivity contribution in [1.82, 2.24) is 5.32 Å². The molecule has 30 heavy (non-hydrogen) atoms. The van der Waals surface area contributed by atoms with Crippen molar-refractivity contribution in [3.8, 4) is 5.75 Å². The van der Waals surface area contributed by atoms with Crippen LogP contribution in [0.2, 0.25) is 0 Å². The lowest BCUT2D eigenvalue weighted by molar-refractivity contribution is -0.0261. The van der Waals surface area contributed by atoms with Crippen LogP contribution in [-0.4, -0.2) is 48.9 Å². The summed E-state index contributed by atoms with van der Waals surface area (Å²) in [5, 5.41) is 13.1. The third kappa shape index (κ3) is 4.04. The van der Waals surface area contributed by atoms with E-state index in [1.54, 1.807) is 12.1 Å². The van der Waals surface area contributed by atoms with Crippen molar-refractivity contribution in [3.05, 3.63) is 63.7 Å². The average Bonchev–Trinajstić information content (AvgIpc) is 3.22. The molecule has 2 amide bonds. The summed E-state index contributed by atoms with van der Waals surface area (Å²) in [5.74, 6) is -0.0644. The van der Waals surface area contributed by atoms with Crippen LogP contribution in [0, 0.1) is 6.92 Å². The highest BCUT2D eigenvalue weighted by Crippen LogP contribution is 2.35. The van der Waals surface area contributed by atoms with Gasteiger partial charge in [0.1, 0.15) is 5.75 Å². The van der Waals surface area contributed by atoms with E-state index in [-0.39, 0.29) is 18.6 Å². The van der Waals surface area contributed by atoms with Crippen LogP contribution in [0.5, 0.6) is 5.75 Å².